The van der Waals surface area contributed by atoms with E-state index in [0.717, 1.165) is 0 Å². The lowest BCUT2D eigenvalue weighted by molar-refractivity contribution is 0.508. The van der Waals surface area contributed by atoms with Crippen LogP contribution < -0.4 is 11.3 Å². The van der Waals surface area contributed by atoms with E-state index in [1.807, 2.05) is 0 Å². The highest BCUT2D eigenvalue weighted by molar-refractivity contribution is 9.10. The molecule has 0 amide bonds. The van der Waals surface area contributed by atoms with Crippen molar-refractivity contribution in [1.29, 1.82) is 0 Å². The minimum absolute atomic E-state index is 0.0855. The molecule has 0 radical (unpaired) electrons. The van der Waals surface area contributed by atoms with Gasteiger partial charge in [-0.15, -0.1) is 0 Å². The molecule has 0 aliphatic heterocycles. The predicted molar refractivity (Wildman–Crippen MR) is 67.6 cm³/mol. The van der Waals surface area contributed by atoms with Crippen LogP contribution in [-0.4, -0.2) is 19.3 Å². The molecular formula is C10H12BrN5O. The Morgan fingerprint density at radius 1 is 1.41 bits per heavy atom. The molecule has 0 saturated carbocycles. The first-order valence-corrected chi connectivity index (χ1v) is 5.87. The summed E-state index contributed by atoms with van der Waals surface area (Å²) >= 11 is 3.17. The summed E-state index contributed by atoms with van der Waals surface area (Å²) < 4.78 is 3.76. The van der Waals surface area contributed by atoms with E-state index in [4.69, 9.17) is 5.73 Å². The van der Waals surface area contributed by atoms with E-state index in [-0.39, 0.29) is 5.56 Å². The average Bonchev–Trinajstić information content (AvgIpc) is 2.70. The molecule has 6 nitrogen and oxygen atoms in total. The fraction of sp³-hybridized carbons (Fsp3) is 0.300. The highest BCUT2D eigenvalue weighted by atomic mass is 79.9. The molecule has 0 fully saturated rings. The summed E-state index contributed by atoms with van der Waals surface area (Å²) in [7, 11) is 0. The Hall–Kier alpha value is -1.63. The van der Waals surface area contributed by atoms with Gasteiger partial charge in [-0.1, -0.05) is 0 Å². The topological polar surface area (TPSA) is 78.7 Å². The molecule has 0 saturated heterocycles. The summed E-state index contributed by atoms with van der Waals surface area (Å²) in [5.74, 6) is 0.679. The first-order valence-electron chi connectivity index (χ1n) is 5.08. The minimum atomic E-state index is -0.0855. The molecular weight excluding hydrogens is 286 g/mol. The van der Waals surface area contributed by atoms with Gasteiger partial charge in [0.15, 0.2) is 0 Å². The van der Waals surface area contributed by atoms with Crippen LogP contribution in [0.15, 0.2) is 27.9 Å². The van der Waals surface area contributed by atoms with Crippen molar-refractivity contribution in [2.75, 3.05) is 5.73 Å². The SMILES string of the molecule is Cc1ncc(Br)c(=O)n1CCn1cc(N)cn1. The highest BCUT2D eigenvalue weighted by Crippen LogP contribution is 2.03. The molecule has 2 aromatic heterocycles. The van der Waals surface area contributed by atoms with Crippen LogP contribution >= 0.6 is 15.9 Å². The predicted octanol–water partition coefficient (Wildman–Crippen LogP) is 0.793. The van der Waals surface area contributed by atoms with Gasteiger partial charge in [0.05, 0.1) is 18.4 Å². The van der Waals surface area contributed by atoms with Gasteiger partial charge in [0.25, 0.3) is 5.56 Å². The first-order chi connectivity index (χ1) is 8.08. The van der Waals surface area contributed by atoms with E-state index in [2.05, 4.69) is 26.0 Å². The third-order valence-electron chi connectivity index (χ3n) is 2.41. The molecule has 0 atom stereocenters. The number of halogens is 1. The van der Waals surface area contributed by atoms with Crippen LogP contribution in [0.2, 0.25) is 0 Å². The van der Waals surface area contributed by atoms with Crippen molar-refractivity contribution in [2.24, 2.45) is 0 Å². The lowest BCUT2D eigenvalue weighted by Gasteiger charge is -2.09. The molecule has 0 aliphatic rings. The van der Waals surface area contributed by atoms with Crippen LogP contribution in [0.1, 0.15) is 5.82 Å². The highest BCUT2D eigenvalue weighted by Gasteiger charge is 2.05. The third-order valence-corrected chi connectivity index (χ3v) is 2.95. The van der Waals surface area contributed by atoms with E-state index >= 15 is 0 Å². The number of aryl methyl sites for hydroxylation is 2. The van der Waals surface area contributed by atoms with Crippen molar-refractivity contribution in [3.8, 4) is 0 Å². The van der Waals surface area contributed by atoms with Crippen molar-refractivity contribution >= 4 is 21.6 Å². The van der Waals surface area contributed by atoms with Gasteiger partial charge in [-0.3, -0.25) is 14.0 Å². The monoisotopic (exact) mass is 297 g/mol. The first kappa shape index (κ1) is 11.8. The van der Waals surface area contributed by atoms with Gasteiger partial charge in [-0.25, -0.2) is 4.98 Å². The molecule has 2 rings (SSSR count). The Kier molecular flexibility index (Phi) is 3.28. The molecule has 0 aliphatic carbocycles. The standard InChI is InChI=1S/C10H12BrN5O/c1-7-13-5-9(11)10(17)16(7)3-2-15-6-8(12)4-14-15/h4-6H,2-3,12H2,1H3. The van der Waals surface area contributed by atoms with Crippen LogP contribution in [0.5, 0.6) is 0 Å². The number of anilines is 1. The number of nitrogens with zero attached hydrogens (tertiary/aromatic N) is 4. The van der Waals surface area contributed by atoms with Crippen LogP contribution in [0.25, 0.3) is 0 Å². The zero-order valence-corrected chi connectivity index (χ0v) is 10.9. The summed E-state index contributed by atoms with van der Waals surface area (Å²) in [5, 5.41) is 4.06. The van der Waals surface area contributed by atoms with E-state index < -0.39 is 0 Å². The lowest BCUT2D eigenvalue weighted by Crippen LogP contribution is -2.26. The maximum Gasteiger partial charge on any atom is 0.267 e. The van der Waals surface area contributed by atoms with Crippen LogP contribution in [0, 0.1) is 6.92 Å². The molecule has 17 heavy (non-hydrogen) atoms. The number of nitrogens with two attached hydrogens (primary N) is 1. The molecule has 0 spiro atoms. The summed E-state index contributed by atoms with van der Waals surface area (Å²) in [4.78, 5) is 16.0. The Balaban J connectivity index is 2.19. The fourth-order valence-electron chi connectivity index (χ4n) is 1.52. The average molecular weight is 298 g/mol. The molecule has 2 N–H and O–H groups in total. The van der Waals surface area contributed by atoms with Crippen LogP contribution in [0.4, 0.5) is 5.69 Å². The zero-order chi connectivity index (χ0) is 12.4. The second-order valence-electron chi connectivity index (χ2n) is 3.65. The van der Waals surface area contributed by atoms with Crippen LogP contribution in [0.3, 0.4) is 0 Å². The number of hydrogen-bond donors (Lipinski definition) is 1. The summed E-state index contributed by atoms with van der Waals surface area (Å²) in [6.07, 6.45) is 4.82. The lowest BCUT2D eigenvalue weighted by atomic mass is 10.5. The largest absolute Gasteiger partial charge is 0.396 e. The number of aromatic nitrogens is 4. The Bertz CT molecular complexity index is 589. The van der Waals surface area contributed by atoms with Crippen molar-refractivity contribution in [3.05, 3.63) is 39.2 Å². The van der Waals surface area contributed by atoms with Gasteiger partial charge in [0, 0.05) is 18.9 Å². The third kappa shape index (κ3) is 2.55. The Morgan fingerprint density at radius 2 is 2.18 bits per heavy atom. The molecule has 2 heterocycles. The number of rotatable bonds is 3. The maximum absolute atomic E-state index is 11.8. The molecule has 7 heteroatoms. The summed E-state index contributed by atoms with van der Waals surface area (Å²) in [5.41, 5.74) is 6.09. The fourth-order valence-corrected chi connectivity index (χ4v) is 1.83. The van der Waals surface area contributed by atoms with Crippen molar-refractivity contribution in [1.82, 2.24) is 19.3 Å². The second-order valence-corrected chi connectivity index (χ2v) is 4.50. The summed E-state index contributed by atoms with van der Waals surface area (Å²) in [6.45, 7) is 2.89. The normalized spacial score (nSPS) is 10.7. The number of hydrogen-bond acceptors (Lipinski definition) is 4. The molecule has 2 aromatic rings. The minimum Gasteiger partial charge on any atom is -0.396 e. The maximum atomic E-state index is 11.8. The van der Waals surface area contributed by atoms with Crippen molar-refractivity contribution in [2.45, 2.75) is 20.0 Å². The second kappa shape index (κ2) is 4.70. The van der Waals surface area contributed by atoms with E-state index in [1.165, 1.54) is 6.20 Å². The Morgan fingerprint density at radius 3 is 2.82 bits per heavy atom. The molecule has 90 valence electrons. The van der Waals surface area contributed by atoms with E-state index in [0.29, 0.717) is 29.1 Å². The smallest absolute Gasteiger partial charge is 0.267 e. The molecule has 0 bridgehead atoms. The molecule has 0 unspecified atom stereocenters. The van der Waals surface area contributed by atoms with Crippen molar-refractivity contribution in [3.63, 3.8) is 0 Å². The van der Waals surface area contributed by atoms with E-state index in [1.54, 1.807) is 28.6 Å². The van der Waals surface area contributed by atoms with Crippen molar-refractivity contribution < 1.29 is 0 Å². The quantitative estimate of drug-likeness (QED) is 0.909. The van der Waals surface area contributed by atoms with E-state index in [9.17, 15) is 4.79 Å². The van der Waals surface area contributed by atoms with Crippen LogP contribution in [-0.2, 0) is 13.1 Å². The van der Waals surface area contributed by atoms with Gasteiger partial charge < -0.3 is 5.73 Å². The van der Waals surface area contributed by atoms with Gasteiger partial charge >= 0.3 is 0 Å². The Labute approximate surface area is 106 Å². The molecule has 0 aromatic carbocycles. The van der Waals surface area contributed by atoms with Gasteiger partial charge in [-0.2, -0.15) is 5.10 Å². The zero-order valence-electron chi connectivity index (χ0n) is 9.30. The summed E-state index contributed by atoms with van der Waals surface area (Å²) in [6, 6.07) is 0. The van der Waals surface area contributed by atoms with Gasteiger partial charge in [-0.05, 0) is 22.9 Å². The van der Waals surface area contributed by atoms with Gasteiger partial charge in [0.2, 0.25) is 0 Å². The van der Waals surface area contributed by atoms with Gasteiger partial charge in [0.1, 0.15) is 10.3 Å². The number of nitrogen functional groups attached to an aromatic ring is 1.